The summed E-state index contributed by atoms with van der Waals surface area (Å²) in [6.07, 6.45) is 6.63. The van der Waals surface area contributed by atoms with Gasteiger partial charge in [-0.2, -0.15) is 5.10 Å². The summed E-state index contributed by atoms with van der Waals surface area (Å²) < 4.78 is 28.7. The van der Waals surface area contributed by atoms with E-state index < -0.39 is 10.0 Å². The Kier molecular flexibility index (Phi) is 6.61. The molecule has 2 N–H and O–H groups in total. The lowest BCUT2D eigenvalue weighted by molar-refractivity contribution is 0.0951. The molecule has 0 aliphatic carbocycles. The predicted molar refractivity (Wildman–Crippen MR) is 127 cm³/mol. The molecular weight excluding hydrogens is 438 g/mol. The number of carbonyl (C=O) groups is 1. The molecule has 0 radical (unpaired) electrons. The fraction of sp³-hybridized carbons (Fsp3) is 0.0417. The van der Waals surface area contributed by atoms with Gasteiger partial charge in [-0.25, -0.2) is 18.1 Å². The van der Waals surface area contributed by atoms with E-state index in [0.717, 1.165) is 16.5 Å². The van der Waals surface area contributed by atoms with Crippen LogP contribution in [-0.4, -0.2) is 29.1 Å². The molecule has 1 amide bonds. The number of nitrogens with zero attached hydrogens (tertiary/aromatic N) is 3. The summed E-state index contributed by atoms with van der Waals surface area (Å²) >= 11 is 0. The Bertz CT molecular complexity index is 1350. The third-order valence-electron chi connectivity index (χ3n) is 4.65. The summed E-state index contributed by atoms with van der Waals surface area (Å²) in [7, 11) is -3.68. The van der Waals surface area contributed by atoms with Crippen molar-refractivity contribution in [2.45, 2.75) is 6.54 Å². The van der Waals surface area contributed by atoms with E-state index in [-0.39, 0.29) is 5.91 Å². The lowest BCUT2D eigenvalue weighted by atomic mass is 10.2. The van der Waals surface area contributed by atoms with Crippen LogP contribution in [0.3, 0.4) is 0 Å². The maximum absolute atomic E-state index is 12.5. The third-order valence-corrected chi connectivity index (χ3v) is 5.66. The molecule has 0 saturated heterocycles. The minimum atomic E-state index is -3.68. The number of rotatable bonds is 8. The number of hydrogen-bond acceptors (Lipinski definition) is 5. The zero-order valence-electron chi connectivity index (χ0n) is 17.5. The number of amides is 1. The fourth-order valence-electron chi connectivity index (χ4n) is 3.00. The first-order valence-electron chi connectivity index (χ1n) is 10.1. The van der Waals surface area contributed by atoms with Crippen LogP contribution in [0.25, 0.3) is 11.9 Å². The molecule has 0 saturated carbocycles. The molecule has 4 rings (SSSR count). The monoisotopic (exact) mass is 459 g/mol. The highest BCUT2D eigenvalue weighted by atomic mass is 32.2. The first-order valence-corrected chi connectivity index (χ1v) is 11.6. The van der Waals surface area contributed by atoms with Gasteiger partial charge in [0, 0.05) is 36.4 Å². The standard InChI is InChI=1S/C24H21N5O3S/c30-24(26-18-20-11-14-25-23(17-20)29-15-4-13-27-29)21-7-9-22(10-8-21)28-33(31,32)16-12-19-5-2-1-3-6-19/h1-17,28H,18H2,(H,26,30)/b16-12+. The van der Waals surface area contributed by atoms with Gasteiger partial charge >= 0.3 is 0 Å². The lowest BCUT2D eigenvalue weighted by Gasteiger charge is -2.08. The van der Waals surface area contributed by atoms with Crippen LogP contribution in [0.1, 0.15) is 21.5 Å². The second-order valence-electron chi connectivity index (χ2n) is 7.09. The lowest BCUT2D eigenvalue weighted by Crippen LogP contribution is -2.23. The van der Waals surface area contributed by atoms with Gasteiger partial charge < -0.3 is 5.32 Å². The highest BCUT2D eigenvalue weighted by Gasteiger charge is 2.09. The smallest absolute Gasteiger partial charge is 0.255 e. The Hall–Kier alpha value is -4.24. The van der Waals surface area contributed by atoms with Crippen molar-refractivity contribution in [1.29, 1.82) is 0 Å². The highest BCUT2D eigenvalue weighted by molar-refractivity contribution is 7.95. The molecule has 166 valence electrons. The molecule has 0 unspecified atom stereocenters. The van der Waals surface area contributed by atoms with E-state index in [1.807, 2.05) is 42.5 Å². The van der Waals surface area contributed by atoms with Crippen LogP contribution in [0.5, 0.6) is 0 Å². The van der Waals surface area contributed by atoms with E-state index in [4.69, 9.17) is 0 Å². The largest absolute Gasteiger partial charge is 0.348 e. The average Bonchev–Trinajstić information content (AvgIpc) is 3.38. The molecular formula is C24H21N5O3S. The topological polar surface area (TPSA) is 106 Å². The number of pyridine rings is 1. The Balaban J connectivity index is 1.34. The molecule has 8 nitrogen and oxygen atoms in total. The van der Waals surface area contributed by atoms with Gasteiger partial charge in [0.15, 0.2) is 5.82 Å². The summed E-state index contributed by atoms with van der Waals surface area (Å²) in [4.78, 5) is 16.8. The van der Waals surface area contributed by atoms with E-state index in [0.29, 0.717) is 23.6 Å². The molecule has 4 aromatic rings. The molecule has 0 bridgehead atoms. The highest BCUT2D eigenvalue weighted by Crippen LogP contribution is 2.13. The number of anilines is 1. The molecule has 0 aliphatic heterocycles. The number of carbonyl (C=O) groups excluding carboxylic acids is 1. The number of aromatic nitrogens is 3. The van der Waals surface area contributed by atoms with Gasteiger partial charge in [-0.1, -0.05) is 30.3 Å². The van der Waals surface area contributed by atoms with Crippen molar-refractivity contribution in [3.8, 4) is 5.82 Å². The van der Waals surface area contributed by atoms with Gasteiger partial charge in [0.25, 0.3) is 15.9 Å². The predicted octanol–water partition coefficient (Wildman–Crippen LogP) is 3.61. The zero-order chi connectivity index (χ0) is 23.1. The Morgan fingerprint density at radius 1 is 0.970 bits per heavy atom. The van der Waals surface area contributed by atoms with Crippen LogP contribution in [-0.2, 0) is 16.6 Å². The summed E-state index contributed by atoms with van der Waals surface area (Å²) in [5, 5.41) is 8.10. The zero-order valence-corrected chi connectivity index (χ0v) is 18.3. The average molecular weight is 460 g/mol. The van der Waals surface area contributed by atoms with Gasteiger partial charge in [-0.15, -0.1) is 0 Å². The van der Waals surface area contributed by atoms with E-state index in [2.05, 4.69) is 20.1 Å². The normalized spacial score (nSPS) is 11.4. The molecule has 2 aromatic carbocycles. The number of nitrogens with one attached hydrogen (secondary N) is 2. The first kappa shape index (κ1) is 22.0. The van der Waals surface area contributed by atoms with Gasteiger partial charge in [0.1, 0.15) is 0 Å². The summed E-state index contributed by atoms with van der Waals surface area (Å²) in [5.74, 6) is 0.385. The van der Waals surface area contributed by atoms with E-state index >= 15 is 0 Å². The van der Waals surface area contributed by atoms with Crippen molar-refractivity contribution < 1.29 is 13.2 Å². The van der Waals surface area contributed by atoms with Crippen LogP contribution >= 0.6 is 0 Å². The van der Waals surface area contributed by atoms with Crippen molar-refractivity contribution in [3.63, 3.8) is 0 Å². The minimum Gasteiger partial charge on any atom is -0.348 e. The van der Waals surface area contributed by atoms with Crippen LogP contribution in [0, 0.1) is 0 Å². The maximum atomic E-state index is 12.5. The second kappa shape index (κ2) is 9.92. The van der Waals surface area contributed by atoms with Gasteiger partial charge in [-0.3, -0.25) is 9.52 Å². The molecule has 9 heteroatoms. The summed E-state index contributed by atoms with van der Waals surface area (Å²) in [6.45, 7) is 0.314. The van der Waals surface area contributed by atoms with E-state index in [1.165, 1.54) is 6.08 Å². The van der Waals surface area contributed by atoms with Crippen LogP contribution in [0.4, 0.5) is 5.69 Å². The Morgan fingerprint density at radius 3 is 2.48 bits per heavy atom. The second-order valence-corrected chi connectivity index (χ2v) is 8.66. The number of hydrogen-bond donors (Lipinski definition) is 2. The number of sulfonamides is 1. The van der Waals surface area contributed by atoms with Crippen LogP contribution in [0.15, 0.2) is 96.8 Å². The van der Waals surface area contributed by atoms with Crippen molar-refractivity contribution in [3.05, 3.63) is 113 Å². The first-order chi connectivity index (χ1) is 16.0. The third kappa shape index (κ3) is 6.14. The van der Waals surface area contributed by atoms with Crippen molar-refractivity contribution in [1.82, 2.24) is 20.1 Å². The quantitative estimate of drug-likeness (QED) is 0.419. The summed E-state index contributed by atoms with van der Waals surface area (Å²) in [5.41, 5.74) is 2.43. The van der Waals surface area contributed by atoms with Crippen LogP contribution in [0.2, 0.25) is 0 Å². The fourth-order valence-corrected chi connectivity index (χ4v) is 3.87. The number of benzene rings is 2. The molecule has 2 heterocycles. The van der Waals surface area contributed by atoms with Gasteiger partial charge in [0.05, 0.1) is 5.41 Å². The van der Waals surface area contributed by atoms with Gasteiger partial charge in [-0.05, 0) is 59.7 Å². The Labute approximate surface area is 191 Å². The van der Waals surface area contributed by atoms with Crippen molar-refractivity contribution in [2.24, 2.45) is 0 Å². The van der Waals surface area contributed by atoms with Gasteiger partial charge in [0.2, 0.25) is 0 Å². The molecule has 0 fully saturated rings. The van der Waals surface area contributed by atoms with E-state index in [1.54, 1.807) is 53.6 Å². The molecule has 0 atom stereocenters. The SMILES string of the molecule is O=C(NCc1ccnc(-n2cccn2)c1)c1ccc(NS(=O)(=O)/C=C/c2ccccc2)cc1. The molecule has 0 aliphatic rings. The van der Waals surface area contributed by atoms with Crippen molar-refractivity contribution in [2.75, 3.05) is 4.72 Å². The van der Waals surface area contributed by atoms with E-state index in [9.17, 15) is 13.2 Å². The minimum absolute atomic E-state index is 0.272. The Morgan fingerprint density at radius 2 is 1.76 bits per heavy atom. The van der Waals surface area contributed by atoms with Crippen molar-refractivity contribution >= 4 is 27.7 Å². The van der Waals surface area contributed by atoms with Crippen LogP contribution < -0.4 is 10.0 Å². The molecule has 0 spiro atoms. The molecule has 2 aromatic heterocycles. The summed E-state index contributed by atoms with van der Waals surface area (Å²) in [6, 6.07) is 20.8. The maximum Gasteiger partial charge on any atom is 0.255 e. The molecule has 33 heavy (non-hydrogen) atoms.